The van der Waals surface area contributed by atoms with Gasteiger partial charge in [-0.3, -0.25) is 10.1 Å². The summed E-state index contributed by atoms with van der Waals surface area (Å²) in [5.41, 5.74) is 3.24. The van der Waals surface area contributed by atoms with Crippen molar-refractivity contribution < 1.29 is 14.3 Å². The van der Waals surface area contributed by atoms with Gasteiger partial charge in [-0.25, -0.2) is 0 Å². The molecule has 0 radical (unpaired) electrons. The summed E-state index contributed by atoms with van der Waals surface area (Å²) >= 11 is 0. The van der Waals surface area contributed by atoms with E-state index in [0.717, 1.165) is 37.6 Å². The number of ether oxygens (including phenoxy) is 2. The van der Waals surface area contributed by atoms with Crippen molar-refractivity contribution in [3.63, 3.8) is 0 Å². The van der Waals surface area contributed by atoms with Crippen LogP contribution in [0.5, 0.6) is 11.5 Å². The molecule has 6 nitrogen and oxygen atoms in total. The van der Waals surface area contributed by atoms with Gasteiger partial charge in [-0.05, 0) is 84.5 Å². The molecule has 2 aromatic carbocycles. The molecule has 202 valence electrons. The molecule has 2 aliphatic rings. The van der Waals surface area contributed by atoms with Gasteiger partial charge in [0.2, 0.25) is 5.91 Å². The molecule has 0 saturated carbocycles. The van der Waals surface area contributed by atoms with Gasteiger partial charge in [0.25, 0.3) is 0 Å². The largest absolute Gasteiger partial charge is 0.497 e. The molecule has 0 bridgehead atoms. The van der Waals surface area contributed by atoms with Crippen molar-refractivity contribution in [2.24, 2.45) is 11.8 Å². The summed E-state index contributed by atoms with van der Waals surface area (Å²) in [5, 5.41) is 6.93. The zero-order chi connectivity index (χ0) is 26.8. The van der Waals surface area contributed by atoms with Crippen LogP contribution in [0.3, 0.4) is 0 Å². The second-order valence-electron chi connectivity index (χ2n) is 11.9. The lowest BCUT2D eigenvalue weighted by molar-refractivity contribution is -0.128. The number of benzene rings is 2. The van der Waals surface area contributed by atoms with E-state index in [1.54, 1.807) is 14.2 Å². The van der Waals surface area contributed by atoms with Gasteiger partial charge in [0, 0.05) is 25.7 Å². The third-order valence-corrected chi connectivity index (χ3v) is 9.00. The molecule has 4 atom stereocenters. The minimum atomic E-state index is -0.630. The van der Waals surface area contributed by atoms with Crippen LogP contribution in [0.15, 0.2) is 42.5 Å². The number of hydrogen-bond donors (Lipinski definition) is 2. The molecule has 0 aliphatic carbocycles. The Morgan fingerprint density at radius 1 is 1.11 bits per heavy atom. The van der Waals surface area contributed by atoms with Gasteiger partial charge >= 0.3 is 0 Å². The Hall–Kier alpha value is -2.57. The van der Waals surface area contributed by atoms with Crippen LogP contribution < -0.4 is 20.1 Å². The molecule has 2 N–H and O–H groups in total. The monoisotopic (exact) mass is 507 g/mol. The van der Waals surface area contributed by atoms with E-state index in [1.165, 1.54) is 16.7 Å². The zero-order valence-corrected chi connectivity index (χ0v) is 23.7. The van der Waals surface area contributed by atoms with E-state index in [2.05, 4.69) is 73.6 Å². The maximum absolute atomic E-state index is 13.6. The molecule has 0 aromatic heterocycles. The van der Waals surface area contributed by atoms with E-state index in [1.807, 2.05) is 19.1 Å². The van der Waals surface area contributed by atoms with Crippen LogP contribution in [0, 0.1) is 11.8 Å². The minimum absolute atomic E-state index is 0.0824. The SMILES string of the molecule is COc1cccc([C@]2(C)CCN(C[C@@H](NC(=O)[C@@]3(C)Cc4ccc(OC)cc4CN3)C(C)C)C[C@@H]2C)c1. The first-order valence-electron chi connectivity index (χ1n) is 13.7. The number of carbonyl (C=O) groups is 1. The molecule has 2 heterocycles. The molecule has 2 aliphatic heterocycles. The van der Waals surface area contributed by atoms with Gasteiger partial charge in [-0.15, -0.1) is 0 Å². The molecule has 6 heteroatoms. The highest BCUT2D eigenvalue weighted by Gasteiger charge is 2.41. The molecule has 0 unspecified atom stereocenters. The van der Waals surface area contributed by atoms with Crippen LogP contribution in [0.4, 0.5) is 0 Å². The summed E-state index contributed by atoms with van der Waals surface area (Å²) in [6.45, 7) is 14.7. The Balaban J connectivity index is 1.40. The fraction of sp³-hybridized carbons (Fsp3) is 0.581. The lowest BCUT2D eigenvalue weighted by Crippen LogP contribution is -2.61. The highest BCUT2D eigenvalue weighted by Crippen LogP contribution is 2.40. The Morgan fingerprint density at radius 2 is 1.84 bits per heavy atom. The summed E-state index contributed by atoms with van der Waals surface area (Å²) in [6.07, 6.45) is 1.75. The van der Waals surface area contributed by atoms with Crippen molar-refractivity contribution in [1.82, 2.24) is 15.5 Å². The van der Waals surface area contributed by atoms with E-state index in [9.17, 15) is 4.79 Å². The van der Waals surface area contributed by atoms with Crippen LogP contribution in [0.1, 0.15) is 57.7 Å². The number of carbonyl (C=O) groups excluding carboxylic acids is 1. The second kappa shape index (κ2) is 11.0. The summed E-state index contributed by atoms with van der Waals surface area (Å²) in [6, 6.07) is 14.8. The average molecular weight is 508 g/mol. The van der Waals surface area contributed by atoms with Crippen LogP contribution in [0.25, 0.3) is 0 Å². The zero-order valence-electron chi connectivity index (χ0n) is 23.7. The van der Waals surface area contributed by atoms with E-state index in [4.69, 9.17) is 9.47 Å². The summed E-state index contributed by atoms with van der Waals surface area (Å²) in [4.78, 5) is 16.1. The Bertz CT molecular complexity index is 1100. The van der Waals surface area contributed by atoms with Crippen molar-refractivity contribution in [1.29, 1.82) is 0 Å². The van der Waals surface area contributed by atoms with E-state index < -0.39 is 5.54 Å². The number of amides is 1. The highest BCUT2D eigenvalue weighted by atomic mass is 16.5. The first kappa shape index (κ1) is 27.5. The number of nitrogens with zero attached hydrogens (tertiary/aromatic N) is 1. The number of hydrogen-bond acceptors (Lipinski definition) is 5. The molecule has 1 fully saturated rings. The third kappa shape index (κ3) is 5.80. The fourth-order valence-corrected chi connectivity index (χ4v) is 5.88. The minimum Gasteiger partial charge on any atom is -0.497 e. The Labute approximate surface area is 223 Å². The smallest absolute Gasteiger partial charge is 0.240 e. The van der Waals surface area contributed by atoms with Crippen molar-refractivity contribution in [3.8, 4) is 11.5 Å². The van der Waals surface area contributed by atoms with Gasteiger partial charge in [0.05, 0.1) is 19.8 Å². The van der Waals surface area contributed by atoms with Crippen molar-refractivity contribution in [2.75, 3.05) is 33.9 Å². The molecule has 4 rings (SSSR count). The van der Waals surface area contributed by atoms with Crippen molar-refractivity contribution >= 4 is 5.91 Å². The molecule has 2 aromatic rings. The number of piperidine rings is 1. The maximum atomic E-state index is 13.6. The normalized spacial score (nSPS) is 26.9. The van der Waals surface area contributed by atoms with Gasteiger partial charge in [0.1, 0.15) is 11.5 Å². The van der Waals surface area contributed by atoms with Gasteiger partial charge in [-0.1, -0.05) is 45.9 Å². The summed E-state index contributed by atoms with van der Waals surface area (Å²) < 4.78 is 10.9. The van der Waals surface area contributed by atoms with Crippen LogP contribution >= 0.6 is 0 Å². The second-order valence-corrected chi connectivity index (χ2v) is 11.9. The molecule has 37 heavy (non-hydrogen) atoms. The Kier molecular flexibility index (Phi) is 8.20. The summed E-state index contributed by atoms with van der Waals surface area (Å²) in [7, 11) is 3.41. The van der Waals surface area contributed by atoms with E-state index in [0.29, 0.717) is 24.8 Å². The van der Waals surface area contributed by atoms with Gasteiger partial charge < -0.3 is 19.7 Å². The first-order chi connectivity index (χ1) is 17.6. The maximum Gasteiger partial charge on any atom is 0.240 e. The topological polar surface area (TPSA) is 62.8 Å². The number of fused-ring (bicyclic) bond motifs is 1. The predicted octanol–water partition coefficient (Wildman–Crippen LogP) is 4.55. The lowest BCUT2D eigenvalue weighted by Gasteiger charge is -2.46. The van der Waals surface area contributed by atoms with Gasteiger partial charge in [-0.2, -0.15) is 0 Å². The molecule has 0 spiro atoms. The number of likely N-dealkylation sites (tertiary alicyclic amines) is 1. The van der Waals surface area contributed by atoms with Crippen LogP contribution in [0.2, 0.25) is 0 Å². The number of rotatable bonds is 8. The highest BCUT2D eigenvalue weighted by molar-refractivity contribution is 5.87. The predicted molar refractivity (Wildman–Crippen MR) is 149 cm³/mol. The molecule has 1 saturated heterocycles. The van der Waals surface area contributed by atoms with E-state index >= 15 is 0 Å². The molecular formula is C31H45N3O3. The molecular weight excluding hydrogens is 462 g/mol. The fourth-order valence-electron chi connectivity index (χ4n) is 5.88. The first-order valence-corrected chi connectivity index (χ1v) is 13.7. The summed E-state index contributed by atoms with van der Waals surface area (Å²) in [5.74, 6) is 2.69. The van der Waals surface area contributed by atoms with E-state index in [-0.39, 0.29) is 17.4 Å². The quantitative estimate of drug-likeness (QED) is 0.549. The van der Waals surface area contributed by atoms with Crippen LogP contribution in [-0.4, -0.2) is 56.2 Å². The molecule has 1 amide bonds. The number of nitrogens with one attached hydrogen (secondary N) is 2. The third-order valence-electron chi connectivity index (χ3n) is 9.00. The average Bonchev–Trinajstić information content (AvgIpc) is 2.90. The standard InChI is InChI=1S/C31H45N3O3/c1-21(2)28(33-29(35)31(5)17-23-11-12-27(37-7)15-24(23)18-32-31)20-34-14-13-30(4,22(3)19-34)25-9-8-10-26(16-25)36-6/h8-12,15-16,21-22,28,32H,13-14,17-20H2,1-7H3,(H,33,35)/t22-,28+,30+,31+/m0/s1. The number of methoxy groups -OCH3 is 2. The lowest BCUT2D eigenvalue weighted by atomic mass is 9.68. The van der Waals surface area contributed by atoms with Crippen LogP contribution in [-0.2, 0) is 23.2 Å². The van der Waals surface area contributed by atoms with Gasteiger partial charge in [0.15, 0.2) is 0 Å². The van der Waals surface area contributed by atoms with Crippen molar-refractivity contribution in [3.05, 3.63) is 59.2 Å². The van der Waals surface area contributed by atoms with Crippen molar-refractivity contribution in [2.45, 2.75) is 71.0 Å². The Morgan fingerprint density at radius 3 is 2.51 bits per heavy atom.